The highest BCUT2D eigenvalue weighted by molar-refractivity contribution is 7.92. The fourth-order valence-corrected chi connectivity index (χ4v) is 3.05. The summed E-state index contributed by atoms with van der Waals surface area (Å²) in [4.78, 5) is 25.5. The molecular weight excluding hydrogens is 342 g/mol. The van der Waals surface area contributed by atoms with Crippen molar-refractivity contribution in [1.82, 2.24) is 4.90 Å². The molecule has 0 bridgehead atoms. The average molecular weight is 363 g/mol. The van der Waals surface area contributed by atoms with Gasteiger partial charge in [0.1, 0.15) is 5.25 Å². The van der Waals surface area contributed by atoms with E-state index in [9.17, 15) is 18.0 Å². The SMILES string of the molecule is C=C(C)CN(CC)C(=O)C(=O)Nc1ccc(S(=O)(=O)[C@@H](C)C#N)cc1. The fraction of sp³-hybridized carbons (Fsp3) is 0.353. The van der Waals surface area contributed by atoms with E-state index >= 15 is 0 Å². The van der Waals surface area contributed by atoms with E-state index in [2.05, 4.69) is 11.9 Å². The van der Waals surface area contributed by atoms with Crippen molar-refractivity contribution in [3.8, 4) is 6.07 Å². The van der Waals surface area contributed by atoms with Gasteiger partial charge in [0, 0.05) is 18.8 Å². The molecule has 0 saturated heterocycles. The molecule has 0 spiro atoms. The molecule has 1 atom stereocenters. The monoisotopic (exact) mass is 363 g/mol. The molecule has 1 N–H and O–H groups in total. The molecule has 0 aliphatic rings. The molecule has 0 aromatic heterocycles. The Morgan fingerprint density at radius 2 is 1.88 bits per heavy atom. The number of anilines is 1. The van der Waals surface area contributed by atoms with Crippen molar-refractivity contribution in [2.75, 3.05) is 18.4 Å². The van der Waals surface area contributed by atoms with E-state index < -0.39 is 26.9 Å². The molecule has 1 aromatic carbocycles. The van der Waals surface area contributed by atoms with Gasteiger partial charge in [0.2, 0.25) is 0 Å². The van der Waals surface area contributed by atoms with Crippen molar-refractivity contribution in [3.05, 3.63) is 36.4 Å². The molecule has 0 saturated carbocycles. The van der Waals surface area contributed by atoms with E-state index in [1.54, 1.807) is 19.9 Å². The van der Waals surface area contributed by atoms with Gasteiger partial charge in [-0.1, -0.05) is 12.2 Å². The zero-order valence-electron chi connectivity index (χ0n) is 14.4. The minimum absolute atomic E-state index is 0.0247. The van der Waals surface area contributed by atoms with Crippen LogP contribution in [0.25, 0.3) is 0 Å². The molecular formula is C17H21N3O4S. The van der Waals surface area contributed by atoms with E-state index in [4.69, 9.17) is 5.26 Å². The Labute approximate surface area is 147 Å². The Kier molecular flexibility index (Phi) is 6.88. The number of hydrogen-bond donors (Lipinski definition) is 1. The molecule has 7 nitrogen and oxygen atoms in total. The van der Waals surface area contributed by atoms with Crippen molar-refractivity contribution in [3.63, 3.8) is 0 Å². The number of carbonyl (C=O) groups is 2. The molecule has 1 aromatic rings. The summed E-state index contributed by atoms with van der Waals surface area (Å²) in [5.41, 5.74) is 1.04. The van der Waals surface area contributed by atoms with Crippen molar-refractivity contribution in [2.24, 2.45) is 0 Å². The summed E-state index contributed by atoms with van der Waals surface area (Å²) in [5, 5.41) is 10.0. The molecule has 1 rings (SSSR count). The molecule has 2 amide bonds. The Balaban J connectivity index is 2.88. The lowest BCUT2D eigenvalue weighted by molar-refractivity contribution is -0.142. The first-order valence-corrected chi connectivity index (χ1v) is 9.16. The normalized spacial score (nSPS) is 11.9. The second-order valence-corrected chi connectivity index (χ2v) is 7.84. The summed E-state index contributed by atoms with van der Waals surface area (Å²) in [5.74, 6) is -1.51. The Morgan fingerprint density at radius 1 is 1.32 bits per heavy atom. The van der Waals surface area contributed by atoms with Crippen LogP contribution in [-0.4, -0.2) is 43.5 Å². The molecule has 134 valence electrons. The van der Waals surface area contributed by atoms with Crippen molar-refractivity contribution in [1.29, 1.82) is 5.26 Å². The number of amides is 2. The number of hydrogen-bond acceptors (Lipinski definition) is 5. The second kappa shape index (κ2) is 8.44. The minimum atomic E-state index is -3.74. The molecule has 0 unspecified atom stereocenters. The number of likely N-dealkylation sites (N-methyl/N-ethyl adjacent to an activating group) is 1. The van der Waals surface area contributed by atoms with Crippen LogP contribution in [-0.2, 0) is 19.4 Å². The Hall–Kier alpha value is -2.66. The van der Waals surface area contributed by atoms with Crippen LogP contribution in [0.15, 0.2) is 41.3 Å². The molecule has 25 heavy (non-hydrogen) atoms. The van der Waals surface area contributed by atoms with Gasteiger partial charge in [-0.05, 0) is 45.0 Å². The fourth-order valence-electron chi connectivity index (χ4n) is 1.98. The zero-order chi connectivity index (χ0) is 19.2. The smallest absolute Gasteiger partial charge is 0.313 e. The van der Waals surface area contributed by atoms with Crippen LogP contribution in [0.5, 0.6) is 0 Å². The average Bonchev–Trinajstić information content (AvgIpc) is 2.58. The predicted octanol–water partition coefficient (Wildman–Crippen LogP) is 1.74. The maximum absolute atomic E-state index is 12.1. The first-order valence-electron chi connectivity index (χ1n) is 7.61. The number of nitrogens with one attached hydrogen (secondary N) is 1. The van der Waals surface area contributed by atoms with Crippen LogP contribution in [0, 0.1) is 11.3 Å². The van der Waals surface area contributed by atoms with Crippen LogP contribution in [0.1, 0.15) is 20.8 Å². The van der Waals surface area contributed by atoms with Gasteiger partial charge in [-0.15, -0.1) is 0 Å². The standard InChI is InChI=1S/C17H21N3O4S/c1-5-20(11-12(2)3)17(22)16(21)19-14-6-8-15(9-7-14)25(23,24)13(4)10-18/h6-9,13H,2,5,11H2,1,3-4H3,(H,19,21)/t13-/m0/s1. The van der Waals surface area contributed by atoms with Gasteiger partial charge < -0.3 is 10.2 Å². The molecule has 0 fully saturated rings. The highest BCUT2D eigenvalue weighted by Crippen LogP contribution is 2.18. The molecule has 8 heteroatoms. The van der Waals surface area contributed by atoms with Crippen molar-refractivity contribution < 1.29 is 18.0 Å². The van der Waals surface area contributed by atoms with Gasteiger partial charge >= 0.3 is 11.8 Å². The lowest BCUT2D eigenvalue weighted by Crippen LogP contribution is -2.40. The maximum atomic E-state index is 12.1. The molecule has 0 aliphatic heterocycles. The van der Waals surface area contributed by atoms with E-state index in [0.717, 1.165) is 5.57 Å². The number of carbonyl (C=O) groups excluding carboxylic acids is 2. The molecule has 0 aliphatic carbocycles. The first-order chi connectivity index (χ1) is 11.6. The Morgan fingerprint density at radius 3 is 2.32 bits per heavy atom. The third-order valence-electron chi connectivity index (χ3n) is 3.41. The van der Waals surface area contributed by atoms with E-state index in [-0.39, 0.29) is 17.1 Å². The third-order valence-corrected chi connectivity index (χ3v) is 5.38. The summed E-state index contributed by atoms with van der Waals surface area (Å²) in [6.45, 7) is 9.17. The minimum Gasteiger partial charge on any atom is -0.331 e. The topological polar surface area (TPSA) is 107 Å². The number of rotatable bonds is 6. The second-order valence-electron chi connectivity index (χ2n) is 5.57. The number of benzene rings is 1. The van der Waals surface area contributed by atoms with Crippen molar-refractivity contribution in [2.45, 2.75) is 30.9 Å². The van der Waals surface area contributed by atoms with Gasteiger partial charge in [0.05, 0.1) is 11.0 Å². The summed E-state index contributed by atoms with van der Waals surface area (Å²) in [6.07, 6.45) is 0. The summed E-state index contributed by atoms with van der Waals surface area (Å²) in [7, 11) is -3.74. The van der Waals surface area contributed by atoms with Crippen LogP contribution < -0.4 is 5.32 Å². The van der Waals surface area contributed by atoms with Crippen LogP contribution in [0.4, 0.5) is 5.69 Å². The van der Waals surface area contributed by atoms with Gasteiger partial charge in [-0.2, -0.15) is 5.26 Å². The highest BCUT2D eigenvalue weighted by Gasteiger charge is 2.24. The predicted molar refractivity (Wildman–Crippen MR) is 94.4 cm³/mol. The number of nitriles is 1. The number of nitrogens with zero attached hydrogens (tertiary/aromatic N) is 2. The van der Waals surface area contributed by atoms with E-state index in [0.29, 0.717) is 6.54 Å². The summed E-state index contributed by atoms with van der Waals surface area (Å²) < 4.78 is 24.1. The van der Waals surface area contributed by atoms with Gasteiger partial charge in [0.15, 0.2) is 9.84 Å². The van der Waals surface area contributed by atoms with E-state index in [1.165, 1.54) is 36.1 Å². The largest absolute Gasteiger partial charge is 0.331 e. The van der Waals surface area contributed by atoms with Crippen LogP contribution in [0.2, 0.25) is 0 Å². The summed E-state index contributed by atoms with van der Waals surface area (Å²) in [6, 6.07) is 7.00. The molecule has 0 heterocycles. The van der Waals surface area contributed by atoms with E-state index in [1.807, 2.05) is 0 Å². The van der Waals surface area contributed by atoms with Crippen LogP contribution >= 0.6 is 0 Å². The van der Waals surface area contributed by atoms with Gasteiger partial charge in [-0.25, -0.2) is 8.42 Å². The lowest BCUT2D eigenvalue weighted by Gasteiger charge is -2.20. The van der Waals surface area contributed by atoms with Gasteiger partial charge in [-0.3, -0.25) is 9.59 Å². The Bertz CT molecular complexity index is 807. The lowest BCUT2D eigenvalue weighted by atomic mass is 10.3. The van der Waals surface area contributed by atoms with Crippen molar-refractivity contribution >= 4 is 27.3 Å². The van der Waals surface area contributed by atoms with Crippen LogP contribution in [0.3, 0.4) is 0 Å². The quantitative estimate of drug-likeness (QED) is 0.612. The first kappa shape index (κ1) is 20.4. The third kappa shape index (κ3) is 5.16. The molecule has 0 radical (unpaired) electrons. The van der Waals surface area contributed by atoms with Gasteiger partial charge in [0.25, 0.3) is 0 Å². The number of sulfone groups is 1. The summed E-state index contributed by atoms with van der Waals surface area (Å²) >= 11 is 0. The maximum Gasteiger partial charge on any atom is 0.313 e. The highest BCUT2D eigenvalue weighted by atomic mass is 32.2. The zero-order valence-corrected chi connectivity index (χ0v) is 15.3.